The van der Waals surface area contributed by atoms with Gasteiger partial charge >= 0.3 is 11.9 Å². The molecule has 8 rings (SSSR count). The molecule has 26 heteroatoms. The smallest absolute Gasteiger partial charge is 0.343 e. The third kappa shape index (κ3) is 13.8. The summed E-state index contributed by atoms with van der Waals surface area (Å²) < 4.78 is 22.1. The number of halogens is 1. The van der Waals surface area contributed by atoms with E-state index in [2.05, 4.69) is 37.2 Å². The number of nitrogens with one attached hydrogen (secondary N) is 7. The van der Waals surface area contributed by atoms with Crippen molar-refractivity contribution in [2.75, 3.05) is 32.7 Å². The predicted molar refractivity (Wildman–Crippen MR) is 290 cm³/mol. The average molecular weight is 1150 g/mol. The molecule has 2 aromatic heterocycles. The highest BCUT2D eigenvalue weighted by Gasteiger charge is 2.46. The van der Waals surface area contributed by atoms with Gasteiger partial charge in [0.05, 0.1) is 61.1 Å². The highest BCUT2D eigenvalue weighted by Crippen LogP contribution is 2.46. The van der Waals surface area contributed by atoms with Crippen LogP contribution in [0.4, 0.5) is 4.39 Å². The maximum atomic E-state index is 15.4. The van der Waals surface area contributed by atoms with Crippen LogP contribution in [0.1, 0.15) is 110 Å². The summed E-state index contributed by atoms with van der Waals surface area (Å²) in [6, 6.07) is 8.15. The van der Waals surface area contributed by atoms with E-state index < -0.39 is 120 Å². The molecule has 0 unspecified atom stereocenters. The predicted octanol–water partition coefficient (Wildman–Crippen LogP) is 0.0480. The Morgan fingerprint density at radius 1 is 0.783 bits per heavy atom. The van der Waals surface area contributed by atoms with Crippen molar-refractivity contribution < 1.29 is 72.1 Å². The molecule has 5 heterocycles. The lowest BCUT2D eigenvalue weighted by atomic mass is 9.81. The number of aliphatic carboxylic acids is 1. The van der Waals surface area contributed by atoms with Crippen LogP contribution in [0, 0.1) is 12.7 Å². The van der Waals surface area contributed by atoms with E-state index in [1.807, 2.05) is 0 Å². The molecule has 4 atom stereocenters. The molecule has 3 aliphatic heterocycles. The fourth-order valence-corrected chi connectivity index (χ4v) is 10.7. The lowest BCUT2D eigenvalue weighted by molar-refractivity contribution is -0.172. The monoisotopic (exact) mass is 1150 g/mol. The summed E-state index contributed by atoms with van der Waals surface area (Å²) in [5, 5.41) is 39.0. The summed E-state index contributed by atoms with van der Waals surface area (Å²) in [5.74, 6) is -8.60. The molecule has 25 nitrogen and oxygen atoms in total. The minimum Gasteiger partial charge on any atom is -0.481 e. The Kier molecular flexibility index (Phi) is 18.9. The number of unbranched alkanes of at least 4 members (excludes halogenated alkanes) is 2. The maximum absolute atomic E-state index is 15.4. The Morgan fingerprint density at radius 3 is 2.14 bits per heavy atom. The number of carboxylic acids is 1. The standard InChI is InChI=1S/C57H63FN10O15/c1-3-57(82)35-22-41-52-33(28-68(41)55(80)34(35)29-83-56(57)81)51-37(16-15-32-30(2)36(58)23-38(66-52)50(32)51)63-43(70)14-10-19-59-44(71)25-61-53(78)39(21-31-11-6-4-7-12-31)65-46(73)27-60-45(72)26-62-54(79)40(24-49(76)77)64-42(69)13-8-5-9-20-67-47(74)17-18-48(67)75/h4,6-7,11-12,17-18,22-23,37,39-40,82H,3,5,8-10,13-16,19-21,24-29H2,1-2H3,(H,59,71)(H,60,72)(H,61,78)(H,62,79)(H,63,70)(H,64,69)(H,65,73)(H,76,77)/t37-,39-,40-,57-/m0/s1. The number of carboxylic acid groups (broad SMARTS) is 1. The summed E-state index contributed by atoms with van der Waals surface area (Å²) in [6.07, 6.45) is 3.52. The van der Waals surface area contributed by atoms with Crippen molar-refractivity contribution in [3.05, 3.63) is 110 Å². The lowest BCUT2D eigenvalue weighted by Gasteiger charge is -2.31. The number of imide groups is 1. The van der Waals surface area contributed by atoms with Gasteiger partial charge in [0.1, 0.15) is 24.5 Å². The van der Waals surface area contributed by atoms with Gasteiger partial charge in [-0.1, -0.05) is 43.7 Å². The van der Waals surface area contributed by atoms with Crippen molar-refractivity contribution in [1.82, 2.24) is 51.7 Å². The number of benzene rings is 2. The topological polar surface area (TPSA) is 360 Å². The minimum atomic E-state index is -2.06. The Hall–Kier alpha value is -9.20. The van der Waals surface area contributed by atoms with E-state index in [1.165, 1.54) is 10.6 Å². The first kappa shape index (κ1) is 59.9. The second-order valence-corrected chi connectivity index (χ2v) is 20.6. The first-order valence-corrected chi connectivity index (χ1v) is 27.2. The van der Waals surface area contributed by atoms with E-state index in [0.717, 1.165) is 22.6 Å². The number of rotatable bonds is 26. The molecular formula is C57H63FN10O15. The summed E-state index contributed by atoms with van der Waals surface area (Å²) in [6.45, 7) is 1.35. The number of fused-ring (bicyclic) bond motifs is 5. The molecule has 4 aromatic rings. The van der Waals surface area contributed by atoms with E-state index in [1.54, 1.807) is 50.2 Å². The van der Waals surface area contributed by atoms with Gasteiger partial charge in [0, 0.05) is 67.1 Å². The van der Waals surface area contributed by atoms with Crippen molar-refractivity contribution in [1.29, 1.82) is 0 Å². The Balaban J connectivity index is 0.794. The van der Waals surface area contributed by atoms with Crippen LogP contribution < -0.4 is 42.8 Å². The van der Waals surface area contributed by atoms with Gasteiger partial charge in [-0.05, 0) is 73.8 Å². The fraction of sp³-hybridized carbons (Fsp3) is 0.421. The van der Waals surface area contributed by atoms with Crippen LogP contribution in [0.25, 0.3) is 22.3 Å². The number of carbonyl (C=O) groups is 11. The van der Waals surface area contributed by atoms with Gasteiger partial charge < -0.3 is 56.7 Å². The summed E-state index contributed by atoms with van der Waals surface area (Å²) >= 11 is 0. The molecule has 2 aromatic carbocycles. The molecular weight excluding hydrogens is 1080 g/mol. The number of hydrogen-bond acceptors (Lipinski definition) is 15. The Labute approximate surface area is 473 Å². The van der Waals surface area contributed by atoms with Gasteiger partial charge in [0.15, 0.2) is 5.60 Å². The van der Waals surface area contributed by atoms with Crippen molar-refractivity contribution >= 4 is 76.0 Å². The molecule has 9 N–H and O–H groups in total. The SMILES string of the molecule is CC[C@@]1(O)C(=O)OCc2c1cc1n(c2=O)Cc2c-1nc1cc(F)c(C)c3c1c2[C@@H](NC(=O)CCCNC(=O)CNC(=O)[C@H](Cc1ccccc1)NC(=O)CNC(=O)CNC(=O)[C@H](CC(=O)O)NC(=O)CCCCCN1C(=O)C=CC1=O)CC3. The molecule has 4 aliphatic rings. The normalized spacial score (nSPS) is 17.1. The Bertz CT molecular complexity index is 3400. The fourth-order valence-electron chi connectivity index (χ4n) is 10.7. The van der Waals surface area contributed by atoms with E-state index in [9.17, 15) is 67.7 Å². The zero-order chi connectivity index (χ0) is 59.7. The van der Waals surface area contributed by atoms with Gasteiger partial charge in [-0.15, -0.1) is 0 Å². The summed E-state index contributed by atoms with van der Waals surface area (Å²) in [4.78, 5) is 159. The summed E-state index contributed by atoms with van der Waals surface area (Å²) in [5.41, 5.74) is 1.90. The van der Waals surface area contributed by atoms with Crippen LogP contribution >= 0.6 is 0 Å². The van der Waals surface area contributed by atoms with Crippen LogP contribution in [0.5, 0.6) is 0 Å². The molecule has 438 valence electrons. The average Bonchev–Trinajstić information content (AvgIpc) is 1.88. The molecule has 83 heavy (non-hydrogen) atoms. The summed E-state index contributed by atoms with van der Waals surface area (Å²) in [7, 11) is 0. The molecule has 1 aliphatic carbocycles. The van der Waals surface area contributed by atoms with Crippen molar-refractivity contribution in [3.63, 3.8) is 0 Å². The molecule has 0 radical (unpaired) electrons. The van der Waals surface area contributed by atoms with Crippen molar-refractivity contribution in [2.24, 2.45) is 0 Å². The number of carbonyl (C=O) groups excluding carboxylic acids is 10. The zero-order valence-electron chi connectivity index (χ0n) is 45.6. The highest BCUT2D eigenvalue weighted by molar-refractivity contribution is 6.12. The zero-order valence-corrected chi connectivity index (χ0v) is 45.6. The molecule has 9 amide bonds. The van der Waals surface area contributed by atoms with E-state index in [0.29, 0.717) is 76.6 Å². The number of amides is 9. The van der Waals surface area contributed by atoms with E-state index >= 15 is 4.39 Å². The molecule has 0 saturated carbocycles. The first-order chi connectivity index (χ1) is 39.7. The molecule has 0 bridgehead atoms. The van der Waals surface area contributed by atoms with E-state index in [4.69, 9.17) is 9.72 Å². The largest absolute Gasteiger partial charge is 0.481 e. The second kappa shape index (κ2) is 26.1. The number of aromatic nitrogens is 2. The third-order valence-corrected chi connectivity index (χ3v) is 15.1. The first-order valence-electron chi connectivity index (χ1n) is 27.2. The van der Waals surface area contributed by atoms with E-state index in [-0.39, 0.29) is 75.4 Å². The van der Waals surface area contributed by atoms with Gasteiger partial charge in [0.2, 0.25) is 41.4 Å². The molecule has 0 spiro atoms. The third-order valence-electron chi connectivity index (χ3n) is 15.1. The van der Waals surface area contributed by atoms with Gasteiger partial charge in [0.25, 0.3) is 17.4 Å². The number of pyridine rings is 2. The second-order valence-electron chi connectivity index (χ2n) is 20.6. The highest BCUT2D eigenvalue weighted by atomic mass is 19.1. The van der Waals surface area contributed by atoms with Crippen LogP contribution in [0.3, 0.4) is 0 Å². The number of ether oxygens (including phenoxy) is 1. The maximum Gasteiger partial charge on any atom is 0.343 e. The molecule has 0 fully saturated rings. The van der Waals surface area contributed by atoms with Gasteiger partial charge in [-0.3, -0.25) is 57.6 Å². The quantitative estimate of drug-likeness (QED) is 0.0201. The number of aryl methyl sites for hydroxylation is 1. The van der Waals surface area contributed by atoms with Crippen LogP contribution in [-0.2, 0) is 89.1 Å². The number of cyclic esters (lactones) is 1. The number of hydrogen-bond donors (Lipinski definition) is 9. The van der Waals surface area contributed by atoms with Crippen LogP contribution in [0.15, 0.2) is 59.4 Å². The van der Waals surface area contributed by atoms with Crippen molar-refractivity contribution in [2.45, 2.75) is 121 Å². The number of esters is 1. The van der Waals surface area contributed by atoms with Crippen LogP contribution in [0.2, 0.25) is 0 Å². The van der Waals surface area contributed by atoms with Crippen molar-refractivity contribution in [3.8, 4) is 11.4 Å². The minimum absolute atomic E-state index is 0.0146. The van der Waals surface area contributed by atoms with Gasteiger partial charge in [-0.2, -0.15) is 0 Å². The number of nitrogens with zero attached hydrogens (tertiary/aromatic N) is 3. The molecule has 0 saturated heterocycles. The Morgan fingerprint density at radius 2 is 1.45 bits per heavy atom. The van der Waals surface area contributed by atoms with Gasteiger partial charge in [-0.25, -0.2) is 14.2 Å². The number of aliphatic hydroxyl groups is 1. The van der Waals surface area contributed by atoms with Crippen LogP contribution in [-0.4, -0.2) is 135 Å². The lowest BCUT2D eigenvalue weighted by Crippen LogP contribution is -2.53.